The van der Waals surface area contributed by atoms with Gasteiger partial charge >= 0.3 is 0 Å². The SMILES string of the molecule is COc1cccc(Nc2nnc(SCC(=O)c3ccc4c(c3)OCCO4)s2)c1. The largest absolute Gasteiger partial charge is 0.497 e. The monoisotopic (exact) mass is 415 g/mol. The van der Waals surface area contributed by atoms with E-state index < -0.39 is 0 Å². The number of methoxy groups -OCH3 is 1. The molecule has 0 saturated carbocycles. The van der Waals surface area contributed by atoms with Crippen LogP contribution in [0, 0.1) is 0 Å². The van der Waals surface area contributed by atoms with Crippen molar-refractivity contribution < 1.29 is 19.0 Å². The van der Waals surface area contributed by atoms with Gasteiger partial charge in [-0.05, 0) is 30.3 Å². The van der Waals surface area contributed by atoms with Crippen LogP contribution in [0.4, 0.5) is 10.8 Å². The van der Waals surface area contributed by atoms with E-state index >= 15 is 0 Å². The maximum Gasteiger partial charge on any atom is 0.210 e. The lowest BCUT2D eigenvalue weighted by molar-refractivity contribution is 0.102. The normalized spacial score (nSPS) is 12.5. The lowest BCUT2D eigenvalue weighted by Crippen LogP contribution is -2.16. The molecule has 0 radical (unpaired) electrons. The van der Waals surface area contributed by atoms with Crippen LogP contribution in [0.3, 0.4) is 0 Å². The molecular formula is C19H17N3O4S2. The molecule has 2 aromatic carbocycles. The van der Waals surface area contributed by atoms with Crippen LogP contribution in [0.25, 0.3) is 0 Å². The average Bonchev–Trinajstić information content (AvgIpc) is 3.19. The number of ether oxygens (including phenoxy) is 3. The van der Waals surface area contributed by atoms with Crippen molar-refractivity contribution in [2.75, 3.05) is 31.4 Å². The third-order valence-electron chi connectivity index (χ3n) is 3.92. The number of fused-ring (bicyclic) bond motifs is 1. The number of nitrogens with one attached hydrogen (secondary N) is 1. The fourth-order valence-electron chi connectivity index (χ4n) is 2.57. The summed E-state index contributed by atoms with van der Waals surface area (Å²) in [5.74, 6) is 2.32. The highest BCUT2D eigenvalue weighted by atomic mass is 32.2. The summed E-state index contributed by atoms with van der Waals surface area (Å²) in [6, 6.07) is 12.8. The van der Waals surface area contributed by atoms with Crippen LogP contribution < -0.4 is 19.5 Å². The molecule has 0 aliphatic carbocycles. The number of rotatable bonds is 7. The molecule has 4 rings (SSSR count). The van der Waals surface area contributed by atoms with Gasteiger partial charge in [0.1, 0.15) is 19.0 Å². The Morgan fingerprint density at radius 3 is 2.89 bits per heavy atom. The Kier molecular flexibility index (Phi) is 5.63. The maximum absolute atomic E-state index is 12.5. The molecule has 2 heterocycles. The van der Waals surface area contributed by atoms with Gasteiger partial charge in [-0.15, -0.1) is 10.2 Å². The molecule has 3 aromatic rings. The van der Waals surface area contributed by atoms with Crippen LogP contribution in [-0.4, -0.2) is 42.1 Å². The van der Waals surface area contributed by atoms with Crippen LogP contribution in [-0.2, 0) is 0 Å². The molecule has 28 heavy (non-hydrogen) atoms. The van der Waals surface area contributed by atoms with Gasteiger partial charge in [0.25, 0.3) is 0 Å². The minimum atomic E-state index is -0.000483. The summed E-state index contributed by atoms with van der Waals surface area (Å²) in [5, 5.41) is 12.1. The summed E-state index contributed by atoms with van der Waals surface area (Å²) in [7, 11) is 1.62. The Morgan fingerprint density at radius 1 is 1.18 bits per heavy atom. The fourth-order valence-corrected chi connectivity index (χ4v) is 4.24. The Bertz CT molecular complexity index is 993. The van der Waals surface area contributed by atoms with Crippen LogP contribution in [0.1, 0.15) is 10.4 Å². The van der Waals surface area contributed by atoms with Crippen molar-refractivity contribution in [2.45, 2.75) is 4.34 Å². The number of anilines is 2. The highest BCUT2D eigenvalue weighted by Gasteiger charge is 2.16. The molecule has 7 nitrogen and oxygen atoms in total. The van der Waals surface area contributed by atoms with Crippen LogP contribution in [0.5, 0.6) is 17.2 Å². The first-order valence-electron chi connectivity index (χ1n) is 8.51. The van der Waals surface area contributed by atoms with E-state index in [1.54, 1.807) is 25.3 Å². The van der Waals surface area contributed by atoms with Crippen molar-refractivity contribution in [3.63, 3.8) is 0 Å². The Hall–Kier alpha value is -2.78. The zero-order valence-electron chi connectivity index (χ0n) is 15.0. The Labute approximate surface area is 170 Å². The van der Waals surface area contributed by atoms with Crippen LogP contribution in [0.2, 0.25) is 0 Å². The molecule has 144 valence electrons. The molecule has 1 aliphatic heterocycles. The predicted octanol–water partition coefficient (Wildman–Crippen LogP) is 4.04. The maximum atomic E-state index is 12.5. The number of hydrogen-bond acceptors (Lipinski definition) is 9. The zero-order chi connectivity index (χ0) is 19.3. The smallest absolute Gasteiger partial charge is 0.210 e. The highest BCUT2D eigenvalue weighted by Crippen LogP contribution is 2.32. The minimum absolute atomic E-state index is 0.000483. The van der Waals surface area contributed by atoms with Gasteiger partial charge in [-0.2, -0.15) is 0 Å². The molecule has 1 N–H and O–H groups in total. The standard InChI is InChI=1S/C19H17N3O4S2/c1-24-14-4-2-3-13(10-14)20-18-21-22-19(28-18)27-11-15(23)12-5-6-16-17(9-12)26-8-7-25-16/h2-6,9-10H,7-8,11H2,1H3,(H,20,21). The Morgan fingerprint density at radius 2 is 2.04 bits per heavy atom. The molecule has 0 amide bonds. The van der Waals surface area contributed by atoms with Crippen molar-refractivity contribution in [1.82, 2.24) is 10.2 Å². The summed E-state index contributed by atoms with van der Waals surface area (Å²) in [5.41, 5.74) is 1.45. The molecule has 0 saturated heterocycles. The van der Waals surface area contributed by atoms with E-state index in [2.05, 4.69) is 15.5 Å². The fraction of sp³-hybridized carbons (Fsp3) is 0.211. The summed E-state index contributed by atoms with van der Waals surface area (Å²) in [6.07, 6.45) is 0. The molecule has 1 aromatic heterocycles. The predicted molar refractivity (Wildman–Crippen MR) is 109 cm³/mol. The van der Waals surface area contributed by atoms with E-state index in [0.717, 1.165) is 15.8 Å². The van der Waals surface area contributed by atoms with E-state index in [4.69, 9.17) is 14.2 Å². The first-order valence-corrected chi connectivity index (χ1v) is 10.3. The highest BCUT2D eigenvalue weighted by molar-refractivity contribution is 8.01. The number of aromatic nitrogens is 2. The molecule has 1 aliphatic rings. The molecule has 0 spiro atoms. The second-order valence-corrected chi connectivity index (χ2v) is 8.00. The van der Waals surface area contributed by atoms with Crippen LogP contribution in [0.15, 0.2) is 46.8 Å². The molecule has 0 bridgehead atoms. The van der Waals surface area contributed by atoms with E-state index in [0.29, 0.717) is 35.4 Å². The van der Waals surface area contributed by atoms with Gasteiger partial charge in [-0.3, -0.25) is 4.79 Å². The van der Waals surface area contributed by atoms with E-state index in [1.165, 1.54) is 23.1 Å². The van der Waals surface area contributed by atoms with Gasteiger partial charge in [-0.25, -0.2) is 0 Å². The number of nitrogens with zero attached hydrogens (tertiary/aromatic N) is 2. The number of carbonyl (C=O) groups is 1. The number of thioether (sulfide) groups is 1. The van der Waals surface area contributed by atoms with Gasteiger partial charge in [0, 0.05) is 17.3 Å². The quantitative estimate of drug-likeness (QED) is 0.457. The topological polar surface area (TPSA) is 82.6 Å². The second kappa shape index (κ2) is 8.49. The number of benzene rings is 2. The zero-order valence-corrected chi connectivity index (χ0v) is 16.6. The van der Waals surface area contributed by atoms with Crippen molar-refractivity contribution >= 4 is 39.7 Å². The Balaban J connectivity index is 1.35. The lowest BCUT2D eigenvalue weighted by atomic mass is 10.1. The molecule has 0 fully saturated rings. The first kappa shape index (κ1) is 18.6. The summed E-state index contributed by atoms with van der Waals surface area (Å²) >= 11 is 2.75. The third-order valence-corrected chi connectivity index (χ3v) is 5.89. The van der Waals surface area contributed by atoms with Crippen molar-refractivity contribution in [2.24, 2.45) is 0 Å². The van der Waals surface area contributed by atoms with E-state index in [9.17, 15) is 4.79 Å². The lowest BCUT2D eigenvalue weighted by Gasteiger charge is -2.18. The average molecular weight is 415 g/mol. The van der Waals surface area contributed by atoms with Gasteiger partial charge < -0.3 is 19.5 Å². The third kappa shape index (κ3) is 4.37. The minimum Gasteiger partial charge on any atom is -0.497 e. The number of hydrogen-bond donors (Lipinski definition) is 1. The van der Waals surface area contributed by atoms with Crippen molar-refractivity contribution in [3.8, 4) is 17.2 Å². The molecule has 9 heteroatoms. The molecule has 0 unspecified atom stereocenters. The molecular weight excluding hydrogens is 398 g/mol. The van der Waals surface area contributed by atoms with Gasteiger partial charge in [-0.1, -0.05) is 29.2 Å². The van der Waals surface area contributed by atoms with Crippen molar-refractivity contribution in [1.29, 1.82) is 0 Å². The number of carbonyl (C=O) groups excluding carboxylic acids is 1. The summed E-state index contributed by atoms with van der Waals surface area (Å²) in [4.78, 5) is 12.5. The molecule has 0 atom stereocenters. The summed E-state index contributed by atoms with van der Waals surface area (Å²) in [6.45, 7) is 1.02. The first-order chi connectivity index (χ1) is 13.7. The van der Waals surface area contributed by atoms with Gasteiger partial charge in [0.05, 0.1) is 12.9 Å². The van der Waals surface area contributed by atoms with Crippen LogP contribution >= 0.6 is 23.1 Å². The summed E-state index contributed by atoms with van der Waals surface area (Å²) < 4.78 is 16.9. The van der Waals surface area contributed by atoms with Crippen molar-refractivity contribution in [3.05, 3.63) is 48.0 Å². The van der Waals surface area contributed by atoms with Gasteiger partial charge in [0.2, 0.25) is 5.13 Å². The van der Waals surface area contributed by atoms with E-state index in [1.807, 2.05) is 24.3 Å². The van der Waals surface area contributed by atoms with Gasteiger partial charge in [0.15, 0.2) is 21.6 Å². The second-order valence-electron chi connectivity index (χ2n) is 5.80. The number of Topliss-reactive ketones (excluding diaryl/α,β-unsaturated/α-hetero) is 1. The number of ketones is 1. The van der Waals surface area contributed by atoms with E-state index in [-0.39, 0.29) is 11.5 Å².